The summed E-state index contributed by atoms with van der Waals surface area (Å²) in [6.07, 6.45) is 2.77. The lowest BCUT2D eigenvalue weighted by Gasteiger charge is -2.14. The lowest BCUT2D eigenvalue weighted by atomic mass is 9.95. The SMILES string of the molecule is CCCC(CO)c1ccccc1Cl.CS(=O)(=O)O. The zero-order valence-corrected chi connectivity index (χ0v) is 12.1. The summed E-state index contributed by atoms with van der Waals surface area (Å²) in [5, 5.41) is 9.94. The van der Waals surface area contributed by atoms with Crippen LogP contribution in [-0.4, -0.2) is 30.9 Å². The van der Waals surface area contributed by atoms with Gasteiger partial charge >= 0.3 is 0 Å². The molecule has 1 unspecified atom stereocenters. The van der Waals surface area contributed by atoms with Crippen LogP contribution in [0.5, 0.6) is 0 Å². The van der Waals surface area contributed by atoms with Gasteiger partial charge in [0.15, 0.2) is 0 Å². The molecule has 1 aromatic rings. The van der Waals surface area contributed by atoms with Gasteiger partial charge in [-0.1, -0.05) is 43.1 Å². The van der Waals surface area contributed by atoms with Gasteiger partial charge in [-0.2, -0.15) is 8.42 Å². The van der Waals surface area contributed by atoms with Gasteiger partial charge in [0.1, 0.15) is 0 Å². The van der Waals surface area contributed by atoms with E-state index in [4.69, 9.17) is 16.2 Å². The highest BCUT2D eigenvalue weighted by Crippen LogP contribution is 2.27. The number of hydrogen-bond acceptors (Lipinski definition) is 3. The first-order valence-electron chi connectivity index (χ1n) is 5.57. The largest absolute Gasteiger partial charge is 0.396 e. The summed E-state index contributed by atoms with van der Waals surface area (Å²) in [6.45, 7) is 2.29. The molecule has 0 aliphatic heterocycles. The van der Waals surface area contributed by atoms with Crippen LogP contribution in [-0.2, 0) is 10.1 Å². The first-order chi connectivity index (χ1) is 8.29. The van der Waals surface area contributed by atoms with E-state index in [-0.39, 0.29) is 12.5 Å². The van der Waals surface area contributed by atoms with E-state index in [1.807, 2.05) is 24.3 Å². The van der Waals surface area contributed by atoms with Gasteiger partial charge in [-0.3, -0.25) is 4.55 Å². The van der Waals surface area contributed by atoms with Crippen LogP contribution in [0.1, 0.15) is 31.2 Å². The second kappa shape index (κ2) is 8.48. The van der Waals surface area contributed by atoms with Crippen molar-refractivity contribution in [1.82, 2.24) is 0 Å². The third-order valence-electron chi connectivity index (χ3n) is 2.20. The highest BCUT2D eigenvalue weighted by molar-refractivity contribution is 7.85. The molecular formula is C12H19ClO4S. The molecule has 0 heterocycles. The predicted molar refractivity (Wildman–Crippen MR) is 73.7 cm³/mol. The van der Waals surface area contributed by atoms with Crippen molar-refractivity contribution in [2.24, 2.45) is 0 Å². The van der Waals surface area contributed by atoms with Gasteiger partial charge in [-0.15, -0.1) is 0 Å². The zero-order chi connectivity index (χ0) is 14.2. The van der Waals surface area contributed by atoms with Crippen molar-refractivity contribution in [2.45, 2.75) is 25.7 Å². The Morgan fingerprint density at radius 2 is 1.83 bits per heavy atom. The van der Waals surface area contributed by atoms with E-state index in [9.17, 15) is 13.5 Å². The maximum atomic E-state index is 9.19. The molecule has 0 aliphatic rings. The number of hydrogen-bond donors (Lipinski definition) is 2. The first kappa shape index (κ1) is 17.4. The summed E-state index contributed by atoms with van der Waals surface area (Å²) in [5.74, 6) is 0.193. The minimum atomic E-state index is -3.67. The summed E-state index contributed by atoms with van der Waals surface area (Å²) >= 11 is 6.02. The van der Waals surface area contributed by atoms with E-state index in [1.54, 1.807) is 0 Å². The van der Waals surface area contributed by atoms with Crippen LogP contribution in [0.15, 0.2) is 24.3 Å². The van der Waals surface area contributed by atoms with Gasteiger partial charge in [0.25, 0.3) is 10.1 Å². The maximum Gasteiger partial charge on any atom is 0.261 e. The topological polar surface area (TPSA) is 74.6 Å². The molecule has 0 radical (unpaired) electrons. The molecule has 1 aromatic carbocycles. The molecule has 0 saturated heterocycles. The third kappa shape index (κ3) is 8.47. The highest BCUT2D eigenvalue weighted by Gasteiger charge is 2.11. The van der Waals surface area contributed by atoms with Crippen molar-refractivity contribution in [2.75, 3.05) is 12.9 Å². The van der Waals surface area contributed by atoms with Gasteiger partial charge in [-0.05, 0) is 18.1 Å². The number of rotatable bonds is 4. The lowest BCUT2D eigenvalue weighted by Crippen LogP contribution is -2.04. The Bertz CT molecular complexity index is 437. The molecule has 0 bridgehead atoms. The van der Waals surface area contributed by atoms with E-state index >= 15 is 0 Å². The van der Waals surface area contributed by atoms with Crippen molar-refractivity contribution in [3.8, 4) is 0 Å². The van der Waals surface area contributed by atoms with E-state index in [2.05, 4.69) is 6.92 Å². The Morgan fingerprint density at radius 1 is 1.33 bits per heavy atom. The molecule has 4 nitrogen and oxygen atoms in total. The van der Waals surface area contributed by atoms with E-state index in [0.29, 0.717) is 6.26 Å². The third-order valence-corrected chi connectivity index (χ3v) is 2.55. The van der Waals surface area contributed by atoms with E-state index in [1.165, 1.54) is 0 Å². The lowest BCUT2D eigenvalue weighted by molar-refractivity contribution is 0.258. The van der Waals surface area contributed by atoms with Crippen molar-refractivity contribution >= 4 is 21.7 Å². The van der Waals surface area contributed by atoms with Gasteiger partial charge in [0, 0.05) is 17.5 Å². The van der Waals surface area contributed by atoms with Gasteiger partial charge < -0.3 is 5.11 Å². The fourth-order valence-electron chi connectivity index (χ4n) is 1.50. The molecule has 2 N–H and O–H groups in total. The average Bonchev–Trinajstić information content (AvgIpc) is 2.25. The number of aliphatic hydroxyl groups excluding tert-OH is 1. The molecule has 6 heteroatoms. The van der Waals surface area contributed by atoms with Gasteiger partial charge in [-0.25, -0.2) is 0 Å². The predicted octanol–water partition coefficient (Wildman–Crippen LogP) is 2.72. The number of benzene rings is 1. The second-order valence-electron chi connectivity index (χ2n) is 3.92. The van der Waals surface area contributed by atoms with Crippen LogP contribution in [0.3, 0.4) is 0 Å². The Balaban J connectivity index is 0.000000494. The van der Waals surface area contributed by atoms with Crippen molar-refractivity contribution in [3.05, 3.63) is 34.9 Å². The smallest absolute Gasteiger partial charge is 0.261 e. The van der Waals surface area contributed by atoms with Crippen molar-refractivity contribution < 1.29 is 18.1 Å². The van der Waals surface area contributed by atoms with E-state index < -0.39 is 10.1 Å². The molecule has 0 amide bonds. The Kier molecular flexibility index (Phi) is 8.18. The average molecular weight is 295 g/mol. The van der Waals surface area contributed by atoms with Crippen LogP contribution in [0.2, 0.25) is 5.02 Å². The summed E-state index contributed by atoms with van der Waals surface area (Å²) in [5.41, 5.74) is 1.06. The van der Waals surface area contributed by atoms with Crippen molar-refractivity contribution in [1.29, 1.82) is 0 Å². The van der Waals surface area contributed by atoms with Crippen LogP contribution in [0, 0.1) is 0 Å². The molecular weight excluding hydrogens is 276 g/mol. The molecule has 0 aliphatic carbocycles. The number of halogens is 1. The van der Waals surface area contributed by atoms with Gasteiger partial charge in [0.05, 0.1) is 6.26 Å². The molecule has 1 atom stereocenters. The monoisotopic (exact) mass is 294 g/mol. The molecule has 18 heavy (non-hydrogen) atoms. The fourth-order valence-corrected chi connectivity index (χ4v) is 1.79. The summed E-state index contributed by atoms with van der Waals surface area (Å²) < 4.78 is 25.9. The highest BCUT2D eigenvalue weighted by atomic mass is 35.5. The van der Waals surface area contributed by atoms with Crippen LogP contribution in [0.4, 0.5) is 0 Å². The van der Waals surface area contributed by atoms with E-state index in [0.717, 1.165) is 23.4 Å². The maximum absolute atomic E-state index is 9.19. The summed E-state index contributed by atoms with van der Waals surface area (Å²) in [7, 11) is -3.67. The second-order valence-corrected chi connectivity index (χ2v) is 5.80. The quantitative estimate of drug-likeness (QED) is 0.837. The zero-order valence-electron chi connectivity index (χ0n) is 10.5. The summed E-state index contributed by atoms with van der Waals surface area (Å²) in [6, 6.07) is 7.72. The van der Waals surface area contributed by atoms with Crippen LogP contribution >= 0.6 is 11.6 Å². The Labute approximate surface area is 113 Å². The summed E-state index contributed by atoms with van der Waals surface area (Å²) in [4.78, 5) is 0. The molecule has 0 fully saturated rings. The molecule has 1 rings (SSSR count). The minimum absolute atomic E-state index is 0.178. The molecule has 0 spiro atoms. The molecule has 0 aromatic heterocycles. The van der Waals surface area contributed by atoms with Crippen LogP contribution in [0.25, 0.3) is 0 Å². The minimum Gasteiger partial charge on any atom is -0.396 e. The standard InChI is InChI=1S/C11H15ClO.CH4O3S/c1-2-5-9(8-13)10-6-3-4-7-11(10)12;1-5(2,3)4/h3-4,6-7,9,13H,2,5,8H2,1H3;1H3,(H,2,3,4). The van der Waals surface area contributed by atoms with Gasteiger partial charge in [0.2, 0.25) is 0 Å². The first-order valence-corrected chi connectivity index (χ1v) is 7.80. The van der Waals surface area contributed by atoms with Crippen molar-refractivity contribution in [3.63, 3.8) is 0 Å². The fraction of sp³-hybridized carbons (Fsp3) is 0.500. The Hall–Kier alpha value is -0.620. The molecule has 0 saturated carbocycles. The number of aliphatic hydroxyl groups is 1. The Morgan fingerprint density at radius 3 is 2.22 bits per heavy atom. The van der Waals surface area contributed by atoms with Crippen LogP contribution < -0.4 is 0 Å². The molecule has 104 valence electrons. The normalized spacial score (nSPS) is 12.5.